The second-order valence-corrected chi connectivity index (χ2v) is 7.26. The number of hydrogen-bond acceptors (Lipinski definition) is 6. The lowest BCUT2D eigenvalue weighted by atomic mass is 10.1. The van der Waals surface area contributed by atoms with E-state index in [4.69, 9.17) is 0 Å². The van der Waals surface area contributed by atoms with E-state index in [9.17, 15) is 28.4 Å². The molecule has 0 aromatic heterocycles. The summed E-state index contributed by atoms with van der Waals surface area (Å²) in [5.41, 5.74) is -0.559. The molecule has 1 rings (SSSR count). The van der Waals surface area contributed by atoms with Gasteiger partial charge in [0.25, 0.3) is 5.69 Å². The quantitative estimate of drug-likeness (QED) is 0.486. The van der Waals surface area contributed by atoms with Crippen LogP contribution in [0.3, 0.4) is 0 Å². The van der Waals surface area contributed by atoms with E-state index in [1.165, 1.54) is 13.8 Å². The van der Waals surface area contributed by atoms with Crippen molar-refractivity contribution in [1.29, 1.82) is 0 Å². The molecule has 0 aliphatic heterocycles. The van der Waals surface area contributed by atoms with Crippen LogP contribution in [0.25, 0.3) is 0 Å². The highest BCUT2D eigenvalue weighted by Gasteiger charge is 2.38. The maximum atomic E-state index is 11.9. The number of anilines is 1. The minimum absolute atomic E-state index is 0.221. The van der Waals surface area contributed by atoms with Gasteiger partial charge in [0.1, 0.15) is 10.5 Å². The van der Waals surface area contributed by atoms with E-state index in [-0.39, 0.29) is 11.4 Å². The number of amides is 1. The molecular weight excluding hydrogens is 288 g/mol. The monoisotopic (exact) mass is 302 g/mol. The number of phenols is 1. The fourth-order valence-electron chi connectivity index (χ4n) is 1.18. The van der Waals surface area contributed by atoms with Crippen molar-refractivity contribution in [2.24, 2.45) is 0 Å². The maximum absolute atomic E-state index is 11.9. The molecule has 0 fully saturated rings. The zero-order valence-electron chi connectivity index (χ0n) is 11.1. The van der Waals surface area contributed by atoms with Gasteiger partial charge in [-0.2, -0.15) is 0 Å². The number of phenolic OH excluding ortho intramolecular Hbond substituents is 1. The number of non-ortho nitro benzene ring substituents is 1. The van der Waals surface area contributed by atoms with Gasteiger partial charge in [-0.15, -0.1) is 0 Å². The molecule has 0 saturated carbocycles. The Labute approximate surface area is 115 Å². The molecule has 8 nitrogen and oxygen atoms in total. The molecule has 2 N–H and O–H groups in total. The van der Waals surface area contributed by atoms with Crippen molar-refractivity contribution in [3.05, 3.63) is 28.3 Å². The fourth-order valence-corrected chi connectivity index (χ4v) is 1.57. The number of carbonyl (C=O) groups excluding carboxylic acids is 1. The topological polar surface area (TPSA) is 127 Å². The second-order valence-electron chi connectivity index (χ2n) is 4.70. The van der Waals surface area contributed by atoms with Crippen LogP contribution in [0.2, 0.25) is 0 Å². The van der Waals surface area contributed by atoms with Crippen molar-refractivity contribution < 1.29 is 23.2 Å². The van der Waals surface area contributed by atoms with Crippen molar-refractivity contribution >= 4 is 27.1 Å². The summed E-state index contributed by atoms with van der Waals surface area (Å²) in [4.78, 5) is 21.9. The highest BCUT2D eigenvalue weighted by atomic mass is 32.2. The highest BCUT2D eigenvalue weighted by Crippen LogP contribution is 2.29. The van der Waals surface area contributed by atoms with E-state index in [2.05, 4.69) is 5.32 Å². The van der Waals surface area contributed by atoms with E-state index in [0.717, 1.165) is 24.5 Å². The second kappa shape index (κ2) is 5.08. The Morgan fingerprint density at radius 1 is 1.40 bits per heavy atom. The third kappa shape index (κ3) is 3.05. The molecule has 0 bridgehead atoms. The Hall–Kier alpha value is -2.16. The van der Waals surface area contributed by atoms with Gasteiger partial charge < -0.3 is 10.4 Å². The molecular formula is C11H14N2O6S. The average molecular weight is 302 g/mol. The molecule has 0 radical (unpaired) electrons. The van der Waals surface area contributed by atoms with Gasteiger partial charge in [0.2, 0.25) is 5.91 Å². The van der Waals surface area contributed by atoms with Crippen molar-refractivity contribution in [3.63, 3.8) is 0 Å². The Morgan fingerprint density at radius 2 is 1.95 bits per heavy atom. The van der Waals surface area contributed by atoms with Gasteiger partial charge >= 0.3 is 0 Å². The van der Waals surface area contributed by atoms with E-state index < -0.39 is 31.2 Å². The zero-order chi connectivity index (χ0) is 15.7. The van der Waals surface area contributed by atoms with Crippen LogP contribution in [0.15, 0.2) is 18.2 Å². The Bertz CT molecular complexity index is 665. The van der Waals surface area contributed by atoms with Crippen LogP contribution in [0.1, 0.15) is 13.8 Å². The summed E-state index contributed by atoms with van der Waals surface area (Å²) < 4.78 is 21.3. The lowest BCUT2D eigenvalue weighted by molar-refractivity contribution is -0.384. The molecule has 110 valence electrons. The first kappa shape index (κ1) is 15.9. The highest BCUT2D eigenvalue weighted by molar-refractivity contribution is 7.92. The Kier molecular flexibility index (Phi) is 4.04. The molecule has 0 aliphatic carbocycles. The lowest BCUT2D eigenvalue weighted by Gasteiger charge is -2.21. The number of benzene rings is 1. The minimum atomic E-state index is -3.69. The van der Waals surface area contributed by atoms with Crippen LogP contribution < -0.4 is 5.32 Å². The van der Waals surface area contributed by atoms with Crippen LogP contribution in [-0.2, 0) is 14.6 Å². The van der Waals surface area contributed by atoms with Gasteiger partial charge in [-0.1, -0.05) is 0 Å². The number of nitro benzene ring substituents is 1. The number of nitro groups is 1. The van der Waals surface area contributed by atoms with Gasteiger partial charge in [0.05, 0.1) is 10.6 Å². The number of carbonyl (C=O) groups is 1. The molecule has 20 heavy (non-hydrogen) atoms. The smallest absolute Gasteiger partial charge is 0.271 e. The Balaban J connectivity index is 3.14. The standard InChI is InChI=1S/C11H14N2O6S/c1-11(2,20(3,18)19)10(15)12-8-6-7(13(16)17)4-5-9(8)14/h4-6,14H,1-3H3,(H,12,15). The van der Waals surface area contributed by atoms with Crippen molar-refractivity contribution in [1.82, 2.24) is 0 Å². The normalized spacial score (nSPS) is 11.9. The van der Waals surface area contributed by atoms with Gasteiger partial charge in [-0.25, -0.2) is 8.42 Å². The summed E-state index contributed by atoms with van der Waals surface area (Å²) in [7, 11) is -3.69. The number of rotatable bonds is 4. The molecule has 0 atom stereocenters. The number of nitrogens with zero attached hydrogens (tertiary/aromatic N) is 1. The summed E-state index contributed by atoms with van der Waals surface area (Å²) in [5, 5.41) is 22.3. The molecule has 1 aromatic rings. The average Bonchev–Trinajstić information content (AvgIpc) is 2.29. The summed E-state index contributed by atoms with van der Waals surface area (Å²) in [6.07, 6.45) is 0.903. The van der Waals surface area contributed by atoms with Crippen LogP contribution >= 0.6 is 0 Å². The van der Waals surface area contributed by atoms with E-state index >= 15 is 0 Å². The van der Waals surface area contributed by atoms with Gasteiger partial charge in [0.15, 0.2) is 9.84 Å². The van der Waals surface area contributed by atoms with Crippen LogP contribution in [-0.4, -0.2) is 35.4 Å². The molecule has 0 unspecified atom stereocenters. The fraction of sp³-hybridized carbons (Fsp3) is 0.364. The summed E-state index contributed by atoms with van der Waals surface area (Å²) in [6, 6.07) is 3.06. The SMILES string of the molecule is CC(C)(C(=O)Nc1cc([N+](=O)[O-])ccc1O)S(C)(=O)=O. The van der Waals surface area contributed by atoms with Crippen LogP contribution in [0.4, 0.5) is 11.4 Å². The van der Waals surface area contributed by atoms with Crippen LogP contribution in [0.5, 0.6) is 5.75 Å². The van der Waals surface area contributed by atoms with E-state index in [0.29, 0.717) is 0 Å². The van der Waals surface area contributed by atoms with Gasteiger partial charge in [-0.3, -0.25) is 14.9 Å². The van der Waals surface area contributed by atoms with E-state index in [1.807, 2.05) is 0 Å². The van der Waals surface area contributed by atoms with Gasteiger partial charge in [0, 0.05) is 18.4 Å². The summed E-state index contributed by atoms with van der Waals surface area (Å²) in [6.45, 7) is 2.40. The zero-order valence-corrected chi connectivity index (χ0v) is 11.9. The predicted molar refractivity (Wildman–Crippen MR) is 72.3 cm³/mol. The molecule has 1 amide bonds. The molecule has 0 heterocycles. The molecule has 0 spiro atoms. The minimum Gasteiger partial charge on any atom is -0.506 e. The third-order valence-corrected chi connectivity index (χ3v) is 4.95. The molecule has 0 aliphatic rings. The first-order valence-electron chi connectivity index (χ1n) is 5.45. The first-order chi connectivity index (χ1) is 8.96. The summed E-state index contributed by atoms with van der Waals surface area (Å²) in [5.74, 6) is -1.29. The molecule has 9 heteroatoms. The first-order valence-corrected chi connectivity index (χ1v) is 7.34. The third-order valence-electron chi connectivity index (χ3n) is 2.91. The van der Waals surface area contributed by atoms with Crippen molar-refractivity contribution in [3.8, 4) is 5.75 Å². The largest absolute Gasteiger partial charge is 0.506 e. The predicted octanol–water partition coefficient (Wildman–Crippen LogP) is 1.06. The lowest BCUT2D eigenvalue weighted by Crippen LogP contribution is -2.43. The van der Waals surface area contributed by atoms with Gasteiger partial charge in [-0.05, 0) is 19.9 Å². The molecule has 1 aromatic carbocycles. The van der Waals surface area contributed by atoms with E-state index in [1.54, 1.807) is 0 Å². The summed E-state index contributed by atoms with van der Waals surface area (Å²) >= 11 is 0. The van der Waals surface area contributed by atoms with Crippen LogP contribution in [0, 0.1) is 10.1 Å². The number of sulfone groups is 1. The maximum Gasteiger partial charge on any atom is 0.271 e. The molecule has 0 saturated heterocycles. The Morgan fingerprint density at radius 3 is 2.40 bits per heavy atom. The van der Waals surface area contributed by atoms with Crippen molar-refractivity contribution in [2.75, 3.05) is 11.6 Å². The van der Waals surface area contributed by atoms with Crippen molar-refractivity contribution in [2.45, 2.75) is 18.6 Å². The number of hydrogen-bond donors (Lipinski definition) is 2. The number of aromatic hydroxyl groups is 1. The number of nitrogens with one attached hydrogen (secondary N) is 1.